The highest BCUT2D eigenvalue weighted by atomic mass is 16.5. The van der Waals surface area contributed by atoms with Crippen LogP contribution in [0.1, 0.15) is 30.7 Å². The van der Waals surface area contributed by atoms with Crippen LogP contribution in [0.15, 0.2) is 54.9 Å². The molecule has 0 bridgehead atoms. The quantitative estimate of drug-likeness (QED) is 0.494. The largest absolute Gasteiger partial charge is 0.491 e. The van der Waals surface area contributed by atoms with Crippen molar-refractivity contribution in [1.29, 1.82) is 0 Å². The summed E-state index contributed by atoms with van der Waals surface area (Å²) in [6, 6.07) is 13.7. The Kier molecular flexibility index (Phi) is 5.75. The summed E-state index contributed by atoms with van der Waals surface area (Å²) in [5, 5.41) is 8.63. The predicted molar refractivity (Wildman–Crippen MR) is 120 cm³/mol. The van der Waals surface area contributed by atoms with Gasteiger partial charge in [-0.05, 0) is 69.2 Å². The number of hydrogen-bond acceptors (Lipinski definition) is 4. The maximum Gasteiger partial charge on any atom is 0.242 e. The second-order valence-electron chi connectivity index (χ2n) is 7.94. The van der Waals surface area contributed by atoms with Crippen LogP contribution in [0.5, 0.6) is 5.75 Å². The molecule has 1 aromatic carbocycles. The van der Waals surface area contributed by atoms with Crippen LogP contribution >= 0.6 is 0 Å². The zero-order chi connectivity index (χ0) is 22.0. The molecule has 31 heavy (non-hydrogen) atoms. The van der Waals surface area contributed by atoms with Crippen molar-refractivity contribution in [3.8, 4) is 11.6 Å². The van der Waals surface area contributed by atoms with E-state index in [1.165, 1.54) is 0 Å². The van der Waals surface area contributed by atoms with Crippen LogP contribution in [0.25, 0.3) is 16.9 Å². The fraction of sp³-hybridized carbons (Fsp3) is 0.292. The standard InChI is InChI=1S/C24H27N5O2/c1-16(2)31-20-9-7-19(8-10-20)14-25-21(30)15-29-23-22(17(3)13-18(4)26-23)24(27-29)28-11-5-6-12-28/h5-13,16H,14-15H2,1-4H3,(H,25,30). The number of nitrogens with zero attached hydrogens (tertiary/aromatic N) is 4. The fourth-order valence-electron chi connectivity index (χ4n) is 3.61. The molecule has 0 saturated carbocycles. The molecular weight excluding hydrogens is 390 g/mol. The van der Waals surface area contributed by atoms with E-state index in [-0.39, 0.29) is 18.6 Å². The number of fused-ring (bicyclic) bond motifs is 1. The second-order valence-corrected chi connectivity index (χ2v) is 7.94. The van der Waals surface area contributed by atoms with E-state index >= 15 is 0 Å². The zero-order valence-electron chi connectivity index (χ0n) is 18.3. The minimum atomic E-state index is -0.119. The zero-order valence-corrected chi connectivity index (χ0v) is 18.3. The van der Waals surface area contributed by atoms with Crippen LogP contribution in [-0.2, 0) is 17.9 Å². The van der Waals surface area contributed by atoms with Gasteiger partial charge in [0.15, 0.2) is 11.5 Å². The van der Waals surface area contributed by atoms with E-state index < -0.39 is 0 Å². The molecule has 4 rings (SSSR count). The SMILES string of the molecule is Cc1cc(C)c2c(-n3cccc3)nn(CC(=O)NCc3ccc(OC(C)C)cc3)c2n1. The summed E-state index contributed by atoms with van der Waals surface area (Å²) in [5.41, 5.74) is 3.70. The van der Waals surface area contributed by atoms with E-state index in [2.05, 4.69) is 10.3 Å². The molecule has 0 fully saturated rings. The van der Waals surface area contributed by atoms with Crippen molar-refractivity contribution in [3.05, 3.63) is 71.7 Å². The van der Waals surface area contributed by atoms with Crippen molar-refractivity contribution in [1.82, 2.24) is 24.6 Å². The normalized spacial score (nSPS) is 11.3. The van der Waals surface area contributed by atoms with Gasteiger partial charge in [-0.25, -0.2) is 9.67 Å². The number of hydrogen-bond donors (Lipinski definition) is 1. The summed E-state index contributed by atoms with van der Waals surface area (Å²) >= 11 is 0. The Hall–Kier alpha value is -3.61. The lowest BCUT2D eigenvalue weighted by atomic mass is 10.2. The Balaban J connectivity index is 1.51. The minimum Gasteiger partial charge on any atom is -0.491 e. The Morgan fingerprint density at radius 3 is 2.52 bits per heavy atom. The number of ether oxygens (including phenoxy) is 1. The van der Waals surface area contributed by atoms with E-state index in [0.717, 1.165) is 33.8 Å². The van der Waals surface area contributed by atoms with Crippen molar-refractivity contribution in [2.75, 3.05) is 0 Å². The van der Waals surface area contributed by atoms with Crippen LogP contribution in [0.2, 0.25) is 0 Å². The van der Waals surface area contributed by atoms with E-state index in [1.807, 2.05) is 87.1 Å². The maximum atomic E-state index is 12.7. The Morgan fingerprint density at radius 2 is 1.84 bits per heavy atom. The van der Waals surface area contributed by atoms with Gasteiger partial charge in [-0.3, -0.25) is 4.79 Å². The van der Waals surface area contributed by atoms with Gasteiger partial charge in [0.1, 0.15) is 12.3 Å². The van der Waals surface area contributed by atoms with Gasteiger partial charge in [-0.1, -0.05) is 12.1 Å². The van der Waals surface area contributed by atoms with Crippen LogP contribution in [0.3, 0.4) is 0 Å². The van der Waals surface area contributed by atoms with E-state index in [1.54, 1.807) is 4.68 Å². The predicted octanol–water partition coefficient (Wildman–Crippen LogP) is 3.94. The average Bonchev–Trinajstić information content (AvgIpc) is 3.36. The summed E-state index contributed by atoms with van der Waals surface area (Å²) in [7, 11) is 0. The van der Waals surface area contributed by atoms with Crippen molar-refractivity contribution in [2.45, 2.75) is 46.9 Å². The van der Waals surface area contributed by atoms with Crippen LogP contribution in [-0.4, -0.2) is 31.3 Å². The van der Waals surface area contributed by atoms with Gasteiger partial charge < -0.3 is 14.6 Å². The number of nitrogens with one attached hydrogen (secondary N) is 1. The molecule has 1 amide bonds. The molecule has 0 radical (unpaired) electrons. The summed E-state index contributed by atoms with van der Waals surface area (Å²) in [4.78, 5) is 17.3. The number of aromatic nitrogens is 4. The molecule has 0 saturated heterocycles. The van der Waals surface area contributed by atoms with E-state index in [9.17, 15) is 4.79 Å². The molecule has 0 spiro atoms. The number of amides is 1. The monoisotopic (exact) mass is 417 g/mol. The molecule has 1 N–H and O–H groups in total. The van der Waals surface area contributed by atoms with Gasteiger partial charge in [-0.15, -0.1) is 0 Å². The van der Waals surface area contributed by atoms with E-state index in [4.69, 9.17) is 9.84 Å². The summed E-state index contributed by atoms with van der Waals surface area (Å²) < 4.78 is 9.29. The molecule has 160 valence electrons. The molecule has 0 aliphatic heterocycles. The third-order valence-corrected chi connectivity index (χ3v) is 4.94. The summed E-state index contributed by atoms with van der Waals surface area (Å²) in [6.45, 7) is 8.52. The Labute approximate surface area is 181 Å². The van der Waals surface area contributed by atoms with Gasteiger partial charge >= 0.3 is 0 Å². The lowest BCUT2D eigenvalue weighted by Gasteiger charge is -2.10. The average molecular weight is 418 g/mol. The van der Waals surface area contributed by atoms with Gasteiger partial charge in [0, 0.05) is 24.6 Å². The third kappa shape index (κ3) is 4.60. The first-order valence-electron chi connectivity index (χ1n) is 10.4. The molecule has 3 heterocycles. The molecule has 0 aliphatic carbocycles. The number of aryl methyl sites for hydroxylation is 2. The second kappa shape index (κ2) is 8.63. The molecule has 4 aromatic rings. The summed E-state index contributed by atoms with van der Waals surface area (Å²) in [6.07, 6.45) is 4.02. The lowest BCUT2D eigenvalue weighted by Crippen LogP contribution is -2.27. The number of carbonyl (C=O) groups excluding carboxylic acids is 1. The first-order valence-corrected chi connectivity index (χ1v) is 10.4. The first kappa shape index (κ1) is 20.7. The third-order valence-electron chi connectivity index (χ3n) is 4.94. The van der Waals surface area contributed by atoms with Crippen molar-refractivity contribution in [2.24, 2.45) is 0 Å². The summed E-state index contributed by atoms with van der Waals surface area (Å²) in [5.74, 6) is 1.48. The molecule has 0 aliphatic rings. The fourth-order valence-corrected chi connectivity index (χ4v) is 3.61. The molecule has 0 unspecified atom stereocenters. The first-order chi connectivity index (χ1) is 14.9. The van der Waals surface area contributed by atoms with Crippen molar-refractivity contribution < 1.29 is 9.53 Å². The molecule has 7 heteroatoms. The highest BCUT2D eigenvalue weighted by Gasteiger charge is 2.17. The lowest BCUT2D eigenvalue weighted by molar-refractivity contribution is -0.121. The van der Waals surface area contributed by atoms with Gasteiger partial charge in [0.05, 0.1) is 11.5 Å². The number of benzene rings is 1. The Morgan fingerprint density at radius 1 is 1.13 bits per heavy atom. The number of carbonyl (C=O) groups is 1. The molecule has 0 atom stereocenters. The molecule has 3 aromatic heterocycles. The van der Waals surface area contributed by atoms with Crippen LogP contribution < -0.4 is 10.1 Å². The van der Waals surface area contributed by atoms with Crippen LogP contribution in [0, 0.1) is 13.8 Å². The number of rotatable bonds is 7. The maximum absolute atomic E-state index is 12.7. The highest BCUT2D eigenvalue weighted by molar-refractivity contribution is 5.88. The van der Waals surface area contributed by atoms with Gasteiger partial charge in [0.2, 0.25) is 5.91 Å². The topological polar surface area (TPSA) is 74.0 Å². The van der Waals surface area contributed by atoms with Gasteiger partial charge in [-0.2, -0.15) is 5.10 Å². The van der Waals surface area contributed by atoms with E-state index in [0.29, 0.717) is 12.2 Å². The smallest absolute Gasteiger partial charge is 0.242 e. The van der Waals surface area contributed by atoms with Crippen molar-refractivity contribution >= 4 is 16.9 Å². The highest BCUT2D eigenvalue weighted by Crippen LogP contribution is 2.25. The minimum absolute atomic E-state index is 0.0994. The number of pyridine rings is 1. The molecular formula is C24H27N5O2. The van der Waals surface area contributed by atoms with Gasteiger partial charge in [0.25, 0.3) is 0 Å². The Bertz CT molecular complexity index is 1190. The van der Waals surface area contributed by atoms with Crippen LogP contribution in [0.4, 0.5) is 0 Å². The van der Waals surface area contributed by atoms with Crippen molar-refractivity contribution in [3.63, 3.8) is 0 Å². The molecule has 7 nitrogen and oxygen atoms in total.